The summed E-state index contributed by atoms with van der Waals surface area (Å²) < 4.78 is 0. The molecule has 0 atom stereocenters. The Bertz CT molecular complexity index is 345. The van der Waals surface area contributed by atoms with Crippen LogP contribution in [0.15, 0.2) is 12.1 Å². The summed E-state index contributed by atoms with van der Waals surface area (Å²) in [5.74, 6) is 0.289. The van der Waals surface area contributed by atoms with Gasteiger partial charge in [0.1, 0.15) is 5.75 Å². The van der Waals surface area contributed by atoms with Gasteiger partial charge in [0.2, 0.25) is 0 Å². The second-order valence-corrected chi connectivity index (χ2v) is 3.27. The van der Waals surface area contributed by atoms with E-state index in [9.17, 15) is 5.11 Å². The lowest BCUT2D eigenvalue weighted by Crippen LogP contribution is -2.12. The molecule has 0 aliphatic carbocycles. The first kappa shape index (κ1) is 9.58. The number of hydrogen-bond donors (Lipinski definition) is 3. The van der Waals surface area contributed by atoms with Gasteiger partial charge in [0.15, 0.2) is 0 Å². The van der Waals surface area contributed by atoms with E-state index in [0.717, 1.165) is 16.7 Å². The van der Waals surface area contributed by atoms with E-state index < -0.39 is 0 Å². The Morgan fingerprint density at radius 1 is 1.38 bits per heavy atom. The molecular formula is C10H14N2O. The van der Waals surface area contributed by atoms with E-state index in [-0.39, 0.29) is 11.6 Å². The van der Waals surface area contributed by atoms with E-state index in [0.29, 0.717) is 6.42 Å². The van der Waals surface area contributed by atoms with Gasteiger partial charge >= 0.3 is 0 Å². The fraction of sp³-hybridized carbons (Fsp3) is 0.300. The zero-order chi connectivity index (χ0) is 10.0. The van der Waals surface area contributed by atoms with Gasteiger partial charge in [-0.05, 0) is 31.0 Å². The average molecular weight is 178 g/mol. The van der Waals surface area contributed by atoms with Crippen molar-refractivity contribution in [2.24, 2.45) is 5.73 Å². The lowest BCUT2D eigenvalue weighted by molar-refractivity contribution is 0.469. The molecule has 0 saturated heterocycles. The van der Waals surface area contributed by atoms with Crippen LogP contribution in [0.4, 0.5) is 0 Å². The fourth-order valence-corrected chi connectivity index (χ4v) is 1.21. The fourth-order valence-electron chi connectivity index (χ4n) is 1.21. The summed E-state index contributed by atoms with van der Waals surface area (Å²) in [5, 5.41) is 16.6. The Morgan fingerprint density at radius 3 is 2.46 bits per heavy atom. The molecule has 0 unspecified atom stereocenters. The number of phenolic OH excluding ortho intramolecular Hbond substituents is 1. The number of hydrogen-bond acceptors (Lipinski definition) is 2. The van der Waals surface area contributed by atoms with Crippen LogP contribution in [0.3, 0.4) is 0 Å². The second-order valence-electron chi connectivity index (χ2n) is 3.27. The quantitative estimate of drug-likeness (QED) is 0.474. The van der Waals surface area contributed by atoms with Crippen LogP contribution in [0.25, 0.3) is 0 Å². The summed E-state index contributed by atoms with van der Waals surface area (Å²) >= 11 is 0. The molecule has 0 heterocycles. The minimum Gasteiger partial charge on any atom is -0.508 e. The van der Waals surface area contributed by atoms with Crippen LogP contribution in [0.1, 0.15) is 16.7 Å². The van der Waals surface area contributed by atoms with E-state index in [1.165, 1.54) is 0 Å². The van der Waals surface area contributed by atoms with Crippen molar-refractivity contribution in [3.05, 3.63) is 28.8 Å². The van der Waals surface area contributed by atoms with E-state index in [1.54, 1.807) is 6.07 Å². The molecule has 0 radical (unpaired) electrons. The lowest BCUT2D eigenvalue weighted by Gasteiger charge is -2.07. The molecule has 0 bridgehead atoms. The van der Waals surface area contributed by atoms with Crippen molar-refractivity contribution in [2.45, 2.75) is 20.3 Å². The molecule has 70 valence electrons. The third-order valence-electron chi connectivity index (χ3n) is 2.08. The summed E-state index contributed by atoms with van der Waals surface area (Å²) in [6, 6.07) is 3.57. The molecular weight excluding hydrogens is 164 g/mol. The molecule has 0 aromatic heterocycles. The molecule has 3 nitrogen and oxygen atoms in total. The Morgan fingerprint density at radius 2 is 1.92 bits per heavy atom. The summed E-state index contributed by atoms with van der Waals surface area (Å²) in [7, 11) is 0. The van der Waals surface area contributed by atoms with Gasteiger partial charge in [0.25, 0.3) is 0 Å². The van der Waals surface area contributed by atoms with Crippen molar-refractivity contribution in [1.29, 1.82) is 5.41 Å². The number of benzene rings is 1. The number of phenols is 1. The highest BCUT2D eigenvalue weighted by Gasteiger charge is 2.04. The lowest BCUT2D eigenvalue weighted by atomic mass is 10.0. The molecule has 1 aromatic carbocycles. The van der Waals surface area contributed by atoms with Crippen molar-refractivity contribution >= 4 is 5.84 Å². The Hall–Kier alpha value is -1.51. The van der Waals surface area contributed by atoms with Gasteiger partial charge in [-0.1, -0.05) is 6.07 Å². The summed E-state index contributed by atoms with van der Waals surface area (Å²) in [6.45, 7) is 3.91. The Kier molecular flexibility index (Phi) is 2.56. The van der Waals surface area contributed by atoms with Crippen molar-refractivity contribution in [3.63, 3.8) is 0 Å². The minimum atomic E-state index is 0.0681. The predicted octanol–water partition coefficient (Wildman–Crippen LogP) is 1.49. The van der Waals surface area contributed by atoms with Gasteiger partial charge in [-0.15, -0.1) is 0 Å². The molecule has 0 spiro atoms. The number of aryl methyl sites for hydroxylation is 2. The summed E-state index contributed by atoms with van der Waals surface area (Å²) in [5.41, 5.74) is 8.12. The molecule has 0 aliphatic heterocycles. The first-order chi connectivity index (χ1) is 6.00. The Balaban J connectivity index is 3.08. The van der Waals surface area contributed by atoms with Gasteiger partial charge in [0.05, 0.1) is 5.84 Å². The van der Waals surface area contributed by atoms with Crippen LogP contribution >= 0.6 is 0 Å². The van der Waals surface area contributed by atoms with Gasteiger partial charge < -0.3 is 10.8 Å². The molecule has 13 heavy (non-hydrogen) atoms. The van der Waals surface area contributed by atoms with E-state index in [4.69, 9.17) is 11.1 Å². The molecule has 0 saturated carbocycles. The monoisotopic (exact) mass is 178 g/mol. The van der Waals surface area contributed by atoms with Crippen LogP contribution in [0.5, 0.6) is 5.75 Å². The maximum atomic E-state index is 9.51. The highest BCUT2D eigenvalue weighted by atomic mass is 16.3. The van der Waals surface area contributed by atoms with E-state index in [1.807, 2.05) is 19.9 Å². The van der Waals surface area contributed by atoms with Crippen LogP contribution in [-0.2, 0) is 6.42 Å². The average Bonchev–Trinajstić information content (AvgIpc) is 1.99. The van der Waals surface area contributed by atoms with Gasteiger partial charge in [-0.25, -0.2) is 0 Å². The van der Waals surface area contributed by atoms with E-state index in [2.05, 4.69) is 0 Å². The van der Waals surface area contributed by atoms with Gasteiger partial charge in [0, 0.05) is 12.0 Å². The standard InChI is InChI=1S/C10H14N2O/c1-6-3-8(5-10(11)12)9(13)4-7(6)2/h3-4,13H,5H2,1-2H3,(H3,11,12). The molecule has 3 heteroatoms. The molecule has 0 fully saturated rings. The second kappa shape index (κ2) is 3.47. The van der Waals surface area contributed by atoms with Crippen molar-refractivity contribution in [3.8, 4) is 5.75 Å². The predicted molar refractivity (Wildman–Crippen MR) is 53.2 cm³/mol. The third-order valence-corrected chi connectivity index (χ3v) is 2.08. The maximum absolute atomic E-state index is 9.51. The van der Waals surface area contributed by atoms with Crippen molar-refractivity contribution < 1.29 is 5.11 Å². The summed E-state index contributed by atoms with van der Waals surface area (Å²) in [4.78, 5) is 0. The van der Waals surface area contributed by atoms with Crippen LogP contribution < -0.4 is 5.73 Å². The number of nitrogens with one attached hydrogen (secondary N) is 1. The van der Waals surface area contributed by atoms with Crippen molar-refractivity contribution in [2.75, 3.05) is 0 Å². The smallest absolute Gasteiger partial charge is 0.119 e. The number of aromatic hydroxyl groups is 1. The van der Waals surface area contributed by atoms with Gasteiger partial charge in [-0.3, -0.25) is 5.41 Å². The first-order valence-corrected chi connectivity index (χ1v) is 4.12. The number of rotatable bonds is 2. The summed E-state index contributed by atoms with van der Waals surface area (Å²) in [6.07, 6.45) is 0.312. The highest BCUT2D eigenvalue weighted by molar-refractivity contribution is 5.80. The minimum absolute atomic E-state index is 0.0681. The molecule has 1 aromatic rings. The van der Waals surface area contributed by atoms with Crippen LogP contribution in [0.2, 0.25) is 0 Å². The number of amidine groups is 1. The first-order valence-electron chi connectivity index (χ1n) is 4.12. The SMILES string of the molecule is Cc1cc(O)c(CC(=N)N)cc1C. The number of nitrogens with two attached hydrogens (primary N) is 1. The zero-order valence-corrected chi connectivity index (χ0v) is 7.89. The molecule has 0 aliphatic rings. The highest BCUT2D eigenvalue weighted by Crippen LogP contribution is 2.21. The molecule has 1 rings (SSSR count). The third kappa shape index (κ3) is 2.21. The van der Waals surface area contributed by atoms with Crippen LogP contribution in [0, 0.1) is 19.3 Å². The zero-order valence-electron chi connectivity index (χ0n) is 7.89. The van der Waals surface area contributed by atoms with Crippen molar-refractivity contribution in [1.82, 2.24) is 0 Å². The largest absolute Gasteiger partial charge is 0.508 e. The van der Waals surface area contributed by atoms with Gasteiger partial charge in [-0.2, -0.15) is 0 Å². The van der Waals surface area contributed by atoms with Crippen LogP contribution in [-0.4, -0.2) is 10.9 Å². The topological polar surface area (TPSA) is 70.1 Å². The molecule has 0 amide bonds. The maximum Gasteiger partial charge on any atom is 0.119 e. The normalized spacial score (nSPS) is 10.0. The molecule has 4 N–H and O–H groups in total. The Labute approximate surface area is 77.7 Å². The van der Waals surface area contributed by atoms with E-state index >= 15 is 0 Å².